The maximum atomic E-state index is 13.1. The van der Waals surface area contributed by atoms with E-state index in [2.05, 4.69) is 19.6 Å². The maximum Gasteiger partial charge on any atom is 0.255 e. The highest BCUT2D eigenvalue weighted by atomic mass is 16.2. The van der Waals surface area contributed by atoms with E-state index in [-0.39, 0.29) is 11.9 Å². The summed E-state index contributed by atoms with van der Waals surface area (Å²) in [6, 6.07) is 2.27. The molecule has 3 aromatic rings. The van der Waals surface area contributed by atoms with Gasteiger partial charge in [0.1, 0.15) is 5.52 Å². The van der Waals surface area contributed by atoms with Crippen molar-refractivity contribution >= 4 is 17.1 Å². The normalized spacial score (nSPS) is 16.0. The summed E-state index contributed by atoms with van der Waals surface area (Å²) in [7, 11) is 3.76. The number of aryl methyl sites for hydroxylation is 2. The van der Waals surface area contributed by atoms with Crippen molar-refractivity contribution in [2.45, 2.75) is 58.5 Å². The number of fused-ring (bicyclic) bond motifs is 1. The first-order valence-corrected chi connectivity index (χ1v) is 9.98. The van der Waals surface area contributed by atoms with Crippen molar-refractivity contribution in [3.05, 3.63) is 41.1 Å². The summed E-state index contributed by atoms with van der Waals surface area (Å²) in [6.45, 7) is 6.06. The van der Waals surface area contributed by atoms with Gasteiger partial charge in [-0.3, -0.25) is 9.48 Å². The zero-order valence-corrected chi connectivity index (χ0v) is 17.3. The van der Waals surface area contributed by atoms with E-state index in [9.17, 15) is 4.79 Å². The lowest BCUT2D eigenvalue weighted by Crippen LogP contribution is -2.30. The minimum absolute atomic E-state index is 0.0556. The van der Waals surface area contributed by atoms with Gasteiger partial charge in [0.25, 0.3) is 5.91 Å². The Balaban J connectivity index is 1.61. The van der Waals surface area contributed by atoms with Crippen LogP contribution in [0.2, 0.25) is 0 Å². The van der Waals surface area contributed by atoms with Crippen molar-refractivity contribution in [2.24, 2.45) is 7.05 Å². The number of imidazole rings is 1. The van der Waals surface area contributed by atoms with E-state index in [0.29, 0.717) is 11.6 Å². The second-order valence-corrected chi connectivity index (χ2v) is 7.96. The molecule has 148 valence electrons. The molecule has 1 aliphatic carbocycles. The number of carbonyl (C=O) groups excluding carboxylic acids is 1. The Morgan fingerprint density at radius 3 is 2.61 bits per heavy atom. The summed E-state index contributed by atoms with van der Waals surface area (Å²) in [5.74, 6) is -0.0556. The van der Waals surface area contributed by atoms with Crippen LogP contribution in [-0.4, -0.2) is 42.2 Å². The van der Waals surface area contributed by atoms with E-state index in [0.717, 1.165) is 28.1 Å². The van der Waals surface area contributed by atoms with Gasteiger partial charge in [0.05, 0.1) is 23.6 Å². The summed E-state index contributed by atoms with van der Waals surface area (Å²) in [6.07, 6.45) is 8.43. The van der Waals surface area contributed by atoms with Gasteiger partial charge in [-0.1, -0.05) is 12.8 Å². The lowest BCUT2D eigenvalue weighted by molar-refractivity contribution is 0.0741. The van der Waals surface area contributed by atoms with Gasteiger partial charge in [-0.25, -0.2) is 9.97 Å². The van der Waals surface area contributed by atoms with Gasteiger partial charge in [-0.05, 0) is 39.7 Å². The summed E-state index contributed by atoms with van der Waals surface area (Å²) < 4.78 is 4.04. The van der Waals surface area contributed by atoms with Crippen LogP contribution in [0.1, 0.15) is 72.0 Å². The van der Waals surface area contributed by atoms with Gasteiger partial charge in [-0.2, -0.15) is 5.10 Å². The molecule has 3 aromatic heterocycles. The zero-order valence-electron chi connectivity index (χ0n) is 17.3. The van der Waals surface area contributed by atoms with E-state index in [4.69, 9.17) is 0 Å². The number of hydrogen-bond donors (Lipinski definition) is 0. The van der Waals surface area contributed by atoms with Gasteiger partial charge < -0.3 is 9.47 Å². The topological polar surface area (TPSA) is 68.8 Å². The maximum absolute atomic E-state index is 13.1. The highest BCUT2D eigenvalue weighted by Crippen LogP contribution is 2.32. The molecule has 0 spiro atoms. The minimum atomic E-state index is -0.0760. The van der Waals surface area contributed by atoms with Crippen LogP contribution < -0.4 is 0 Å². The smallest absolute Gasteiger partial charge is 0.255 e. The van der Waals surface area contributed by atoms with Gasteiger partial charge in [-0.15, -0.1) is 0 Å². The van der Waals surface area contributed by atoms with Crippen molar-refractivity contribution in [3.63, 3.8) is 0 Å². The molecule has 3 heterocycles. The molecule has 4 rings (SSSR count). The van der Waals surface area contributed by atoms with E-state index >= 15 is 0 Å². The monoisotopic (exact) mass is 380 g/mol. The molecule has 0 saturated heterocycles. The largest absolute Gasteiger partial charge is 0.335 e. The minimum Gasteiger partial charge on any atom is -0.335 e. The number of nitrogens with zero attached hydrogens (tertiary/aromatic N) is 6. The molecular weight excluding hydrogens is 352 g/mol. The van der Waals surface area contributed by atoms with E-state index < -0.39 is 0 Å². The number of amides is 1. The standard InChI is InChI=1S/C21H28N6O/c1-13-19(15(3)26(5)24-13)14(2)25(4)21(28)16-10-18-20(22-11-16)27(12-23-18)17-8-6-7-9-17/h10-12,14,17H,6-9H2,1-5H3. The van der Waals surface area contributed by atoms with Crippen molar-refractivity contribution in [1.82, 2.24) is 29.2 Å². The average molecular weight is 380 g/mol. The summed E-state index contributed by atoms with van der Waals surface area (Å²) >= 11 is 0. The van der Waals surface area contributed by atoms with Gasteiger partial charge in [0, 0.05) is 37.6 Å². The first-order chi connectivity index (χ1) is 13.4. The lowest BCUT2D eigenvalue weighted by atomic mass is 10.0. The third-order valence-corrected chi connectivity index (χ3v) is 6.26. The average Bonchev–Trinajstić information content (AvgIpc) is 3.39. The predicted octanol–water partition coefficient (Wildman–Crippen LogP) is 3.73. The van der Waals surface area contributed by atoms with Gasteiger partial charge >= 0.3 is 0 Å². The molecule has 0 aromatic carbocycles. The summed E-state index contributed by atoms with van der Waals surface area (Å²) in [4.78, 5) is 24.0. The van der Waals surface area contributed by atoms with Crippen LogP contribution in [0.3, 0.4) is 0 Å². The Labute approximate surface area is 165 Å². The summed E-state index contributed by atoms with van der Waals surface area (Å²) in [5, 5.41) is 4.48. The second-order valence-electron chi connectivity index (χ2n) is 7.96. The quantitative estimate of drug-likeness (QED) is 0.692. The van der Waals surface area contributed by atoms with Crippen LogP contribution >= 0.6 is 0 Å². The molecule has 1 aliphatic rings. The number of carbonyl (C=O) groups is 1. The zero-order chi connectivity index (χ0) is 20.0. The van der Waals surface area contributed by atoms with Crippen molar-refractivity contribution in [3.8, 4) is 0 Å². The Hall–Kier alpha value is -2.70. The Kier molecular flexibility index (Phi) is 4.69. The van der Waals surface area contributed by atoms with Crippen LogP contribution in [0.15, 0.2) is 18.6 Å². The SMILES string of the molecule is Cc1nn(C)c(C)c1C(C)N(C)C(=O)c1cnc2c(c1)ncn2C1CCCC1. The predicted molar refractivity (Wildman–Crippen MR) is 108 cm³/mol. The van der Waals surface area contributed by atoms with E-state index in [1.165, 1.54) is 25.7 Å². The first-order valence-electron chi connectivity index (χ1n) is 9.98. The lowest BCUT2D eigenvalue weighted by Gasteiger charge is -2.25. The molecule has 1 fully saturated rings. The molecule has 0 radical (unpaired) electrons. The molecule has 28 heavy (non-hydrogen) atoms. The van der Waals surface area contributed by atoms with Crippen molar-refractivity contribution in [2.75, 3.05) is 7.05 Å². The first kappa shape index (κ1) is 18.7. The third kappa shape index (κ3) is 2.99. The Morgan fingerprint density at radius 2 is 1.96 bits per heavy atom. The summed E-state index contributed by atoms with van der Waals surface area (Å²) in [5.41, 5.74) is 5.35. The van der Waals surface area contributed by atoms with Gasteiger partial charge in [0.2, 0.25) is 0 Å². The third-order valence-electron chi connectivity index (χ3n) is 6.26. The molecular formula is C21H28N6O. The Morgan fingerprint density at radius 1 is 1.25 bits per heavy atom. The molecule has 7 nitrogen and oxygen atoms in total. The molecule has 1 amide bonds. The van der Waals surface area contributed by atoms with Crippen molar-refractivity contribution in [1.29, 1.82) is 0 Å². The molecule has 7 heteroatoms. The van der Waals surface area contributed by atoms with Gasteiger partial charge in [0.15, 0.2) is 5.65 Å². The van der Waals surface area contributed by atoms with Crippen LogP contribution in [0.25, 0.3) is 11.2 Å². The highest BCUT2D eigenvalue weighted by Gasteiger charge is 2.25. The fourth-order valence-electron chi connectivity index (χ4n) is 4.45. The Bertz CT molecular complexity index is 1030. The van der Waals surface area contributed by atoms with Crippen LogP contribution in [0.4, 0.5) is 0 Å². The molecule has 1 unspecified atom stereocenters. The fourth-order valence-corrected chi connectivity index (χ4v) is 4.45. The van der Waals surface area contributed by atoms with Crippen molar-refractivity contribution < 1.29 is 4.79 Å². The van der Waals surface area contributed by atoms with Crippen LogP contribution in [-0.2, 0) is 7.05 Å². The van der Waals surface area contributed by atoms with E-state index in [1.807, 2.05) is 51.9 Å². The van der Waals surface area contributed by atoms with Crippen LogP contribution in [0.5, 0.6) is 0 Å². The van der Waals surface area contributed by atoms with E-state index in [1.54, 1.807) is 11.1 Å². The molecule has 0 N–H and O–H groups in total. The molecule has 0 aliphatic heterocycles. The number of aromatic nitrogens is 5. The number of hydrogen-bond acceptors (Lipinski definition) is 4. The number of rotatable bonds is 4. The fraction of sp³-hybridized carbons (Fsp3) is 0.524. The molecule has 0 bridgehead atoms. The second kappa shape index (κ2) is 7.04. The number of pyridine rings is 1. The molecule has 1 atom stereocenters. The molecule has 1 saturated carbocycles. The highest BCUT2D eigenvalue weighted by molar-refractivity contribution is 5.96. The van der Waals surface area contributed by atoms with Crippen LogP contribution in [0, 0.1) is 13.8 Å².